The van der Waals surface area contributed by atoms with E-state index in [1.54, 1.807) is 0 Å². The summed E-state index contributed by atoms with van der Waals surface area (Å²) in [5, 5.41) is 7.71. The number of ether oxygens (including phenoxy) is 1. The highest BCUT2D eigenvalue weighted by Gasteiger charge is 2.13. The fourth-order valence-corrected chi connectivity index (χ4v) is 3.20. The molecule has 5 nitrogen and oxygen atoms in total. The Balaban J connectivity index is 1.49. The normalized spacial score (nSPS) is 10.6. The first kappa shape index (κ1) is 19.5. The highest BCUT2D eigenvalue weighted by molar-refractivity contribution is 5.78. The van der Waals surface area contributed by atoms with Gasteiger partial charge in [-0.2, -0.15) is 5.10 Å². The standard InChI is InChI=1S/C25H23N3O2/c1-19-10-8-9-15-23(19)30-18-24(29)26-16-21-17-28(22-13-6-3-7-14-22)27-25(21)20-11-4-2-5-12-20/h2-15,17H,16,18H2,1H3,(H,26,29). The van der Waals surface area contributed by atoms with E-state index in [-0.39, 0.29) is 12.5 Å². The molecule has 30 heavy (non-hydrogen) atoms. The molecule has 1 N–H and O–H groups in total. The summed E-state index contributed by atoms with van der Waals surface area (Å²) in [5.41, 5.74) is 4.76. The SMILES string of the molecule is Cc1ccccc1OCC(=O)NCc1cn(-c2ccccc2)nc1-c1ccccc1. The highest BCUT2D eigenvalue weighted by Crippen LogP contribution is 2.23. The summed E-state index contributed by atoms with van der Waals surface area (Å²) in [6.45, 7) is 2.29. The summed E-state index contributed by atoms with van der Waals surface area (Å²) in [5.74, 6) is 0.541. The quantitative estimate of drug-likeness (QED) is 0.498. The number of rotatable bonds is 7. The summed E-state index contributed by atoms with van der Waals surface area (Å²) in [7, 11) is 0. The van der Waals surface area contributed by atoms with E-state index in [9.17, 15) is 4.79 Å². The molecule has 1 amide bonds. The van der Waals surface area contributed by atoms with Gasteiger partial charge in [0.1, 0.15) is 5.75 Å². The molecule has 1 heterocycles. The number of benzene rings is 3. The number of nitrogens with zero attached hydrogens (tertiary/aromatic N) is 2. The Labute approximate surface area is 175 Å². The molecule has 4 rings (SSSR count). The van der Waals surface area contributed by atoms with Gasteiger partial charge in [-0.1, -0.05) is 66.7 Å². The number of hydrogen-bond donors (Lipinski definition) is 1. The van der Waals surface area contributed by atoms with Crippen LogP contribution in [0.1, 0.15) is 11.1 Å². The Kier molecular flexibility index (Phi) is 5.90. The van der Waals surface area contributed by atoms with Crippen LogP contribution in [0.4, 0.5) is 0 Å². The number of para-hydroxylation sites is 2. The van der Waals surface area contributed by atoms with Crippen molar-refractivity contribution in [1.29, 1.82) is 0 Å². The van der Waals surface area contributed by atoms with Crippen LogP contribution >= 0.6 is 0 Å². The topological polar surface area (TPSA) is 56.1 Å². The van der Waals surface area contributed by atoms with Gasteiger partial charge in [-0.05, 0) is 30.7 Å². The zero-order chi connectivity index (χ0) is 20.8. The molecule has 0 saturated heterocycles. The molecule has 0 aliphatic heterocycles. The third-order valence-corrected chi connectivity index (χ3v) is 4.79. The van der Waals surface area contributed by atoms with Crippen LogP contribution in [0.3, 0.4) is 0 Å². The molecule has 0 atom stereocenters. The van der Waals surface area contributed by atoms with Crippen molar-refractivity contribution < 1.29 is 9.53 Å². The van der Waals surface area contributed by atoms with Gasteiger partial charge in [0, 0.05) is 23.9 Å². The molecule has 3 aromatic carbocycles. The van der Waals surface area contributed by atoms with Crippen molar-refractivity contribution in [3.63, 3.8) is 0 Å². The number of aryl methyl sites for hydroxylation is 1. The van der Waals surface area contributed by atoms with Crippen LogP contribution in [0.25, 0.3) is 16.9 Å². The first-order valence-corrected chi connectivity index (χ1v) is 9.85. The number of nitrogens with one attached hydrogen (secondary N) is 1. The first-order chi connectivity index (χ1) is 14.7. The number of carbonyl (C=O) groups is 1. The molecule has 0 aliphatic carbocycles. The monoisotopic (exact) mass is 397 g/mol. The van der Waals surface area contributed by atoms with E-state index in [0.717, 1.165) is 33.8 Å². The van der Waals surface area contributed by atoms with E-state index in [0.29, 0.717) is 6.54 Å². The molecule has 0 fully saturated rings. The van der Waals surface area contributed by atoms with Crippen molar-refractivity contribution >= 4 is 5.91 Å². The lowest BCUT2D eigenvalue weighted by molar-refractivity contribution is -0.123. The van der Waals surface area contributed by atoms with Gasteiger partial charge in [0.25, 0.3) is 5.91 Å². The van der Waals surface area contributed by atoms with Gasteiger partial charge in [0.2, 0.25) is 0 Å². The molecular formula is C25H23N3O2. The maximum absolute atomic E-state index is 12.4. The minimum Gasteiger partial charge on any atom is -0.484 e. The first-order valence-electron chi connectivity index (χ1n) is 9.85. The average molecular weight is 397 g/mol. The molecule has 0 bridgehead atoms. The van der Waals surface area contributed by atoms with Gasteiger partial charge >= 0.3 is 0 Å². The van der Waals surface area contributed by atoms with Gasteiger partial charge < -0.3 is 10.1 Å². The summed E-state index contributed by atoms with van der Waals surface area (Å²) in [6.07, 6.45) is 1.96. The predicted octanol–water partition coefficient (Wildman–Crippen LogP) is 4.54. The van der Waals surface area contributed by atoms with E-state index < -0.39 is 0 Å². The number of carbonyl (C=O) groups excluding carboxylic acids is 1. The fraction of sp³-hybridized carbons (Fsp3) is 0.120. The van der Waals surface area contributed by atoms with Crippen molar-refractivity contribution in [1.82, 2.24) is 15.1 Å². The molecule has 150 valence electrons. The molecule has 0 radical (unpaired) electrons. The number of hydrogen-bond acceptors (Lipinski definition) is 3. The van der Waals surface area contributed by atoms with Crippen molar-refractivity contribution in [2.45, 2.75) is 13.5 Å². The lowest BCUT2D eigenvalue weighted by atomic mass is 10.1. The second-order valence-corrected chi connectivity index (χ2v) is 6.98. The second kappa shape index (κ2) is 9.09. The Morgan fingerprint density at radius 1 is 0.933 bits per heavy atom. The molecular weight excluding hydrogens is 374 g/mol. The lowest BCUT2D eigenvalue weighted by Gasteiger charge is -2.09. The third kappa shape index (κ3) is 4.58. The zero-order valence-electron chi connectivity index (χ0n) is 16.8. The van der Waals surface area contributed by atoms with Crippen LogP contribution in [-0.4, -0.2) is 22.3 Å². The summed E-state index contributed by atoms with van der Waals surface area (Å²) in [6, 6.07) is 27.6. The smallest absolute Gasteiger partial charge is 0.258 e. The van der Waals surface area contributed by atoms with E-state index in [2.05, 4.69) is 5.32 Å². The van der Waals surface area contributed by atoms with Crippen LogP contribution in [0.5, 0.6) is 5.75 Å². The molecule has 0 aliphatic rings. The van der Waals surface area contributed by atoms with E-state index in [1.165, 1.54) is 0 Å². The van der Waals surface area contributed by atoms with Crippen molar-refractivity contribution in [3.05, 3.63) is 102 Å². The Morgan fingerprint density at radius 3 is 2.33 bits per heavy atom. The largest absolute Gasteiger partial charge is 0.484 e. The van der Waals surface area contributed by atoms with Crippen molar-refractivity contribution in [2.24, 2.45) is 0 Å². The van der Waals surface area contributed by atoms with Crippen molar-refractivity contribution in [3.8, 4) is 22.7 Å². The maximum atomic E-state index is 12.4. The predicted molar refractivity (Wildman–Crippen MR) is 118 cm³/mol. The average Bonchev–Trinajstić information content (AvgIpc) is 3.23. The minimum atomic E-state index is -0.176. The fourth-order valence-electron chi connectivity index (χ4n) is 3.20. The summed E-state index contributed by atoms with van der Waals surface area (Å²) >= 11 is 0. The maximum Gasteiger partial charge on any atom is 0.258 e. The summed E-state index contributed by atoms with van der Waals surface area (Å²) in [4.78, 5) is 12.4. The third-order valence-electron chi connectivity index (χ3n) is 4.79. The van der Waals surface area contributed by atoms with E-state index in [4.69, 9.17) is 9.84 Å². The lowest BCUT2D eigenvalue weighted by Crippen LogP contribution is -2.28. The minimum absolute atomic E-state index is 0.0294. The van der Waals surface area contributed by atoms with Gasteiger partial charge in [-0.15, -0.1) is 0 Å². The molecule has 0 saturated carbocycles. The van der Waals surface area contributed by atoms with Crippen molar-refractivity contribution in [2.75, 3.05) is 6.61 Å². The van der Waals surface area contributed by atoms with Gasteiger partial charge in [0.15, 0.2) is 6.61 Å². The van der Waals surface area contributed by atoms with Crippen LogP contribution < -0.4 is 10.1 Å². The van der Waals surface area contributed by atoms with E-state index >= 15 is 0 Å². The molecule has 4 aromatic rings. The van der Waals surface area contributed by atoms with Crippen LogP contribution in [0.2, 0.25) is 0 Å². The summed E-state index contributed by atoms with van der Waals surface area (Å²) < 4.78 is 7.48. The van der Waals surface area contributed by atoms with E-state index in [1.807, 2.05) is 103 Å². The molecule has 1 aromatic heterocycles. The molecule has 0 unspecified atom stereocenters. The number of aromatic nitrogens is 2. The second-order valence-electron chi connectivity index (χ2n) is 6.98. The van der Waals surface area contributed by atoms with Crippen LogP contribution in [0.15, 0.2) is 91.1 Å². The molecule has 0 spiro atoms. The Hall–Kier alpha value is -3.86. The van der Waals surface area contributed by atoms with Gasteiger partial charge in [-0.3, -0.25) is 4.79 Å². The zero-order valence-corrected chi connectivity index (χ0v) is 16.8. The highest BCUT2D eigenvalue weighted by atomic mass is 16.5. The number of amides is 1. The van der Waals surface area contributed by atoms with Crippen LogP contribution in [-0.2, 0) is 11.3 Å². The Bertz CT molecular complexity index is 1120. The molecule has 5 heteroatoms. The van der Waals surface area contributed by atoms with Crippen LogP contribution in [0, 0.1) is 6.92 Å². The van der Waals surface area contributed by atoms with Gasteiger partial charge in [0.05, 0.1) is 11.4 Å². The Morgan fingerprint density at radius 2 is 1.60 bits per heavy atom. The van der Waals surface area contributed by atoms with Gasteiger partial charge in [-0.25, -0.2) is 4.68 Å².